The molecule has 2 aromatic rings. The second-order valence-corrected chi connectivity index (χ2v) is 7.03. The lowest BCUT2D eigenvalue weighted by Crippen LogP contribution is -2.34. The van der Waals surface area contributed by atoms with Gasteiger partial charge in [-0.05, 0) is 47.9 Å². The standard InChI is InChI=1S/C22H20/c1-2-7-17-13-20(12-16(17)6-1)22(10-5-11-22)21-14-18-8-3-4-9-19(18)15-21/h1-4,6-9,12,14H,5,10-11,13,15H2. The predicted molar refractivity (Wildman–Crippen MR) is 92.5 cm³/mol. The second-order valence-electron chi connectivity index (χ2n) is 7.03. The fourth-order valence-electron chi connectivity index (χ4n) is 4.55. The van der Waals surface area contributed by atoms with E-state index in [-0.39, 0.29) is 0 Å². The first kappa shape index (κ1) is 12.5. The van der Waals surface area contributed by atoms with Crippen LogP contribution in [0.15, 0.2) is 59.7 Å². The molecule has 2 aromatic carbocycles. The Morgan fingerprint density at radius 3 is 1.55 bits per heavy atom. The molecule has 1 saturated carbocycles. The van der Waals surface area contributed by atoms with Crippen LogP contribution < -0.4 is 0 Å². The molecule has 0 aliphatic heterocycles. The number of hydrogen-bond acceptors (Lipinski definition) is 0. The van der Waals surface area contributed by atoms with Gasteiger partial charge in [0.1, 0.15) is 0 Å². The van der Waals surface area contributed by atoms with Gasteiger partial charge in [0.25, 0.3) is 0 Å². The van der Waals surface area contributed by atoms with Gasteiger partial charge in [-0.25, -0.2) is 0 Å². The van der Waals surface area contributed by atoms with Crippen LogP contribution in [-0.4, -0.2) is 0 Å². The van der Waals surface area contributed by atoms with Crippen molar-refractivity contribution in [2.24, 2.45) is 5.41 Å². The molecule has 0 aromatic heterocycles. The lowest BCUT2D eigenvalue weighted by Gasteiger charge is -2.45. The zero-order valence-electron chi connectivity index (χ0n) is 12.8. The third-order valence-electron chi connectivity index (χ3n) is 5.97. The molecule has 1 fully saturated rings. The zero-order valence-corrected chi connectivity index (χ0v) is 12.8. The van der Waals surface area contributed by atoms with Gasteiger partial charge in [0.2, 0.25) is 0 Å². The molecule has 0 spiro atoms. The first-order valence-corrected chi connectivity index (χ1v) is 8.43. The summed E-state index contributed by atoms with van der Waals surface area (Å²) in [6.07, 6.45) is 11.3. The Hall–Kier alpha value is -2.08. The number of fused-ring (bicyclic) bond motifs is 2. The monoisotopic (exact) mass is 284 g/mol. The van der Waals surface area contributed by atoms with E-state index >= 15 is 0 Å². The van der Waals surface area contributed by atoms with E-state index in [0.29, 0.717) is 5.41 Å². The molecule has 3 aliphatic carbocycles. The van der Waals surface area contributed by atoms with Gasteiger partial charge in [-0.2, -0.15) is 0 Å². The summed E-state index contributed by atoms with van der Waals surface area (Å²) in [4.78, 5) is 0. The van der Waals surface area contributed by atoms with Gasteiger partial charge < -0.3 is 0 Å². The number of rotatable bonds is 2. The maximum absolute atomic E-state index is 2.48. The highest BCUT2D eigenvalue weighted by molar-refractivity contribution is 5.71. The van der Waals surface area contributed by atoms with Crippen LogP contribution in [0.1, 0.15) is 41.5 Å². The number of hydrogen-bond donors (Lipinski definition) is 0. The van der Waals surface area contributed by atoms with Crippen molar-refractivity contribution in [3.8, 4) is 0 Å². The first-order valence-electron chi connectivity index (χ1n) is 8.43. The van der Waals surface area contributed by atoms with E-state index in [1.54, 1.807) is 11.1 Å². The summed E-state index contributed by atoms with van der Waals surface area (Å²) in [6.45, 7) is 0. The Bertz CT molecular complexity index is 750. The van der Waals surface area contributed by atoms with Gasteiger partial charge in [0.05, 0.1) is 0 Å². The molecule has 0 N–H and O–H groups in total. The summed E-state index contributed by atoms with van der Waals surface area (Å²) in [5.74, 6) is 0. The van der Waals surface area contributed by atoms with Crippen LogP contribution in [0.5, 0.6) is 0 Å². The molecule has 0 radical (unpaired) electrons. The van der Waals surface area contributed by atoms with E-state index in [0.717, 1.165) is 12.8 Å². The third-order valence-corrected chi connectivity index (χ3v) is 5.97. The normalized spacial score (nSPS) is 20.7. The molecule has 5 rings (SSSR count). The van der Waals surface area contributed by atoms with Crippen molar-refractivity contribution < 1.29 is 0 Å². The van der Waals surface area contributed by atoms with Gasteiger partial charge in [0.15, 0.2) is 0 Å². The molecule has 0 nitrogen and oxygen atoms in total. The Morgan fingerprint density at radius 2 is 1.14 bits per heavy atom. The average Bonchev–Trinajstić information content (AvgIpc) is 3.09. The molecule has 22 heavy (non-hydrogen) atoms. The van der Waals surface area contributed by atoms with Crippen molar-refractivity contribution in [1.82, 2.24) is 0 Å². The fourth-order valence-corrected chi connectivity index (χ4v) is 4.55. The quantitative estimate of drug-likeness (QED) is 0.689. The summed E-state index contributed by atoms with van der Waals surface area (Å²) in [5.41, 5.74) is 9.61. The zero-order chi connectivity index (χ0) is 14.6. The average molecular weight is 284 g/mol. The summed E-state index contributed by atoms with van der Waals surface area (Å²) in [6, 6.07) is 17.8. The highest BCUT2D eigenvalue weighted by atomic mass is 14.5. The van der Waals surface area contributed by atoms with E-state index in [2.05, 4.69) is 60.7 Å². The molecule has 0 bridgehead atoms. The van der Waals surface area contributed by atoms with Crippen LogP contribution in [0.4, 0.5) is 0 Å². The molecule has 108 valence electrons. The van der Waals surface area contributed by atoms with Crippen molar-refractivity contribution in [2.75, 3.05) is 0 Å². The lowest BCUT2D eigenvalue weighted by atomic mass is 9.59. The Morgan fingerprint density at radius 1 is 0.636 bits per heavy atom. The maximum atomic E-state index is 2.48. The van der Waals surface area contributed by atoms with Crippen molar-refractivity contribution >= 4 is 12.2 Å². The SMILES string of the molecule is C1=C(C2(C3=Cc4ccccc4C3)CCC2)Cc2ccccc21. The van der Waals surface area contributed by atoms with Crippen molar-refractivity contribution in [2.45, 2.75) is 32.1 Å². The van der Waals surface area contributed by atoms with Crippen LogP contribution in [0.2, 0.25) is 0 Å². The van der Waals surface area contributed by atoms with Crippen molar-refractivity contribution in [3.05, 3.63) is 81.9 Å². The molecule has 0 unspecified atom stereocenters. The van der Waals surface area contributed by atoms with Crippen LogP contribution in [0.25, 0.3) is 12.2 Å². The molecule has 0 atom stereocenters. The van der Waals surface area contributed by atoms with E-state index in [1.165, 1.54) is 41.5 Å². The summed E-state index contributed by atoms with van der Waals surface area (Å²) in [7, 11) is 0. The van der Waals surface area contributed by atoms with Gasteiger partial charge in [-0.1, -0.05) is 78.3 Å². The van der Waals surface area contributed by atoms with Gasteiger partial charge in [0, 0.05) is 5.41 Å². The van der Waals surface area contributed by atoms with Gasteiger partial charge in [-0.3, -0.25) is 0 Å². The largest absolute Gasteiger partial charge is 0.0619 e. The maximum Gasteiger partial charge on any atom is 0.0134 e. The number of allylic oxidation sites excluding steroid dienone is 2. The Kier molecular flexibility index (Phi) is 2.52. The molecule has 0 heteroatoms. The molecule has 3 aliphatic rings. The predicted octanol–water partition coefficient (Wildman–Crippen LogP) is 5.44. The lowest BCUT2D eigenvalue weighted by molar-refractivity contribution is 0.235. The van der Waals surface area contributed by atoms with Crippen LogP contribution >= 0.6 is 0 Å². The van der Waals surface area contributed by atoms with E-state index < -0.39 is 0 Å². The summed E-state index contributed by atoms with van der Waals surface area (Å²) >= 11 is 0. The molecular formula is C22H20. The van der Waals surface area contributed by atoms with E-state index in [1.807, 2.05) is 0 Å². The van der Waals surface area contributed by atoms with E-state index in [4.69, 9.17) is 0 Å². The minimum Gasteiger partial charge on any atom is -0.0619 e. The smallest absolute Gasteiger partial charge is 0.0134 e. The first-order chi connectivity index (χ1) is 10.9. The minimum atomic E-state index is 0.359. The van der Waals surface area contributed by atoms with Crippen LogP contribution in [-0.2, 0) is 12.8 Å². The second kappa shape index (κ2) is 4.46. The highest BCUT2D eigenvalue weighted by Gasteiger charge is 2.45. The fraction of sp³-hybridized carbons (Fsp3) is 0.273. The topological polar surface area (TPSA) is 0 Å². The third kappa shape index (κ3) is 1.64. The van der Waals surface area contributed by atoms with Crippen LogP contribution in [0.3, 0.4) is 0 Å². The van der Waals surface area contributed by atoms with Gasteiger partial charge in [-0.15, -0.1) is 0 Å². The minimum absolute atomic E-state index is 0.359. The van der Waals surface area contributed by atoms with E-state index in [9.17, 15) is 0 Å². The highest BCUT2D eigenvalue weighted by Crippen LogP contribution is 2.57. The molecule has 0 saturated heterocycles. The molecule has 0 heterocycles. The Labute approximate surface area is 132 Å². The molecular weight excluding hydrogens is 264 g/mol. The van der Waals surface area contributed by atoms with Crippen molar-refractivity contribution in [3.63, 3.8) is 0 Å². The number of benzene rings is 2. The van der Waals surface area contributed by atoms with Crippen molar-refractivity contribution in [1.29, 1.82) is 0 Å². The Balaban J connectivity index is 1.54. The molecule has 0 amide bonds. The van der Waals surface area contributed by atoms with Crippen LogP contribution in [0, 0.1) is 5.41 Å². The summed E-state index contributed by atoms with van der Waals surface area (Å²) in [5, 5.41) is 0. The summed E-state index contributed by atoms with van der Waals surface area (Å²) < 4.78 is 0. The van der Waals surface area contributed by atoms with Gasteiger partial charge >= 0.3 is 0 Å².